The van der Waals surface area contributed by atoms with Crippen molar-refractivity contribution in [3.63, 3.8) is 0 Å². The van der Waals surface area contributed by atoms with E-state index >= 15 is 0 Å². The van der Waals surface area contributed by atoms with E-state index in [1.54, 1.807) is 0 Å². The van der Waals surface area contributed by atoms with Gasteiger partial charge in [-0.2, -0.15) is 0 Å². The van der Waals surface area contributed by atoms with Gasteiger partial charge in [0.25, 0.3) is 0 Å². The molecule has 0 spiro atoms. The van der Waals surface area contributed by atoms with E-state index < -0.39 is 0 Å². The van der Waals surface area contributed by atoms with Crippen LogP contribution in [0.15, 0.2) is 42.7 Å². The van der Waals surface area contributed by atoms with Crippen LogP contribution < -0.4 is 5.32 Å². The lowest BCUT2D eigenvalue weighted by Crippen LogP contribution is -2.25. The maximum Gasteiger partial charge on any atom is 0.0470 e. The molecule has 0 amide bonds. The standard InChI is InChI=1S/C18H26N2/c1-5-19-18(14(2)3)17-10-11-20(13-17)12-16-8-6-15(4)7-9-16/h6-11,13-14,18-19H,5,12H2,1-4H3. The number of aromatic nitrogens is 1. The monoisotopic (exact) mass is 270 g/mol. The van der Waals surface area contributed by atoms with Crippen LogP contribution in [0.2, 0.25) is 0 Å². The highest BCUT2D eigenvalue weighted by atomic mass is 15.0. The maximum absolute atomic E-state index is 3.57. The first kappa shape index (κ1) is 14.9. The third-order valence-electron chi connectivity index (χ3n) is 3.71. The number of nitrogens with one attached hydrogen (secondary N) is 1. The van der Waals surface area contributed by atoms with Crippen molar-refractivity contribution in [3.8, 4) is 0 Å². The molecular weight excluding hydrogens is 244 g/mol. The van der Waals surface area contributed by atoms with Gasteiger partial charge in [0.05, 0.1) is 0 Å². The van der Waals surface area contributed by atoms with Crippen LogP contribution in [0.5, 0.6) is 0 Å². The van der Waals surface area contributed by atoms with Crippen molar-refractivity contribution in [1.82, 2.24) is 9.88 Å². The summed E-state index contributed by atoms with van der Waals surface area (Å²) in [6.07, 6.45) is 4.45. The third kappa shape index (κ3) is 3.73. The summed E-state index contributed by atoms with van der Waals surface area (Å²) in [7, 11) is 0. The van der Waals surface area contributed by atoms with Gasteiger partial charge in [-0.3, -0.25) is 0 Å². The zero-order chi connectivity index (χ0) is 14.5. The number of nitrogens with zero attached hydrogens (tertiary/aromatic N) is 1. The summed E-state index contributed by atoms with van der Waals surface area (Å²) in [5, 5.41) is 3.57. The van der Waals surface area contributed by atoms with Crippen LogP contribution in [0.25, 0.3) is 0 Å². The van der Waals surface area contributed by atoms with Gasteiger partial charge >= 0.3 is 0 Å². The Balaban J connectivity index is 2.09. The van der Waals surface area contributed by atoms with E-state index in [2.05, 4.69) is 80.3 Å². The molecule has 0 bridgehead atoms. The minimum absolute atomic E-state index is 0.444. The lowest BCUT2D eigenvalue weighted by Gasteiger charge is -2.20. The molecule has 1 aromatic heterocycles. The van der Waals surface area contributed by atoms with Crippen LogP contribution in [0.4, 0.5) is 0 Å². The Morgan fingerprint density at radius 3 is 2.40 bits per heavy atom. The predicted octanol–water partition coefficient (Wildman–Crippen LogP) is 4.15. The molecule has 0 aliphatic rings. The minimum atomic E-state index is 0.444. The Morgan fingerprint density at radius 1 is 1.10 bits per heavy atom. The normalized spacial score (nSPS) is 12.8. The molecule has 1 aromatic carbocycles. The van der Waals surface area contributed by atoms with E-state index in [1.807, 2.05) is 0 Å². The lowest BCUT2D eigenvalue weighted by atomic mass is 9.98. The fourth-order valence-corrected chi connectivity index (χ4v) is 2.60. The van der Waals surface area contributed by atoms with Crippen molar-refractivity contribution in [2.24, 2.45) is 5.92 Å². The molecular formula is C18H26N2. The van der Waals surface area contributed by atoms with Crippen molar-refractivity contribution >= 4 is 0 Å². The molecule has 0 saturated carbocycles. The minimum Gasteiger partial charge on any atom is -0.350 e. The Morgan fingerprint density at radius 2 is 1.80 bits per heavy atom. The Hall–Kier alpha value is -1.54. The average molecular weight is 270 g/mol. The summed E-state index contributed by atoms with van der Waals surface area (Å²) >= 11 is 0. The molecule has 1 atom stereocenters. The predicted molar refractivity (Wildman–Crippen MR) is 86.0 cm³/mol. The summed E-state index contributed by atoms with van der Waals surface area (Å²) in [6.45, 7) is 10.8. The fourth-order valence-electron chi connectivity index (χ4n) is 2.60. The number of hydrogen-bond acceptors (Lipinski definition) is 1. The fraction of sp³-hybridized carbons (Fsp3) is 0.444. The Labute approximate surface area is 122 Å². The van der Waals surface area contributed by atoms with Crippen molar-refractivity contribution in [2.75, 3.05) is 6.54 Å². The Bertz CT molecular complexity index is 523. The first-order chi connectivity index (χ1) is 9.60. The second-order valence-electron chi connectivity index (χ2n) is 5.88. The molecule has 1 unspecified atom stereocenters. The van der Waals surface area contributed by atoms with Crippen LogP contribution in [0.1, 0.15) is 43.5 Å². The lowest BCUT2D eigenvalue weighted by molar-refractivity contribution is 0.421. The van der Waals surface area contributed by atoms with Gasteiger partial charge in [-0.1, -0.05) is 50.6 Å². The number of hydrogen-bond donors (Lipinski definition) is 1. The molecule has 0 radical (unpaired) electrons. The first-order valence-corrected chi connectivity index (χ1v) is 7.54. The molecule has 20 heavy (non-hydrogen) atoms. The largest absolute Gasteiger partial charge is 0.350 e. The van der Waals surface area contributed by atoms with Crippen molar-refractivity contribution in [2.45, 2.75) is 40.3 Å². The van der Waals surface area contributed by atoms with Crippen LogP contribution in [-0.4, -0.2) is 11.1 Å². The van der Waals surface area contributed by atoms with Gasteiger partial charge in [0.2, 0.25) is 0 Å². The van der Waals surface area contributed by atoms with Crippen molar-refractivity contribution < 1.29 is 0 Å². The van der Waals surface area contributed by atoms with E-state index in [-0.39, 0.29) is 0 Å². The van der Waals surface area contributed by atoms with Gasteiger partial charge in [-0.25, -0.2) is 0 Å². The van der Waals surface area contributed by atoms with Gasteiger partial charge in [0, 0.05) is 25.0 Å². The van der Waals surface area contributed by atoms with E-state index in [9.17, 15) is 0 Å². The Kier molecular flexibility index (Phi) is 5.02. The number of aryl methyl sites for hydroxylation is 1. The summed E-state index contributed by atoms with van der Waals surface area (Å²) in [4.78, 5) is 0. The van der Waals surface area contributed by atoms with Gasteiger partial charge in [0.15, 0.2) is 0 Å². The molecule has 2 heteroatoms. The topological polar surface area (TPSA) is 17.0 Å². The highest BCUT2D eigenvalue weighted by molar-refractivity contribution is 5.23. The molecule has 2 nitrogen and oxygen atoms in total. The smallest absolute Gasteiger partial charge is 0.0470 e. The average Bonchev–Trinajstić information content (AvgIpc) is 2.86. The molecule has 0 aliphatic heterocycles. The maximum atomic E-state index is 3.57. The summed E-state index contributed by atoms with van der Waals surface area (Å²) in [6, 6.07) is 11.4. The van der Waals surface area contributed by atoms with E-state index in [4.69, 9.17) is 0 Å². The van der Waals surface area contributed by atoms with Gasteiger partial charge in [-0.05, 0) is 36.6 Å². The van der Waals surface area contributed by atoms with E-state index in [0.717, 1.165) is 13.1 Å². The van der Waals surface area contributed by atoms with Crippen LogP contribution >= 0.6 is 0 Å². The van der Waals surface area contributed by atoms with Crippen LogP contribution in [0, 0.1) is 12.8 Å². The second kappa shape index (κ2) is 6.76. The number of rotatable bonds is 6. The highest BCUT2D eigenvalue weighted by Gasteiger charge is 2.15. The molecule has 2 aromatic rings. The quantitative estimate of drug-likeness (QED) is 0.834. The van der Waals surface area contributed by atoms with Gasteiger partial charge < -0.3 is 9.88 Å². The van der Waals surface area contributed by atoms with Crippen molar-refractivity contribution in [3.05, 3.63) is 59.4 Å². The first-order valence-electron chi connectivity index (χ1n) is 7.54. The molecule has 1 heterocycles. The number of benzene rings is 1. The SMILES string of the molecule is CCNC(c1ccn(Cc2ccc(C)cc2)c1)C(C)C. The molecule has 108 valence electrons. The molecule has 2 rings (SSSR count). The van der Waals surface area contributed by atoms with E-state index in [0.29, 0.717) is 12.0 Å². The zero-order valence-corrected chi connectivity index (χ0v) is 13.1. The summed E-state index contributed by atoms with van der Waals surface area (Å²) < 4.78 is 2.27. The van der Waals surface area contributed by atoms with E-state index in [1.165, 1.54) is 16.7 Å². The van der Waals surface area contributed by atoms with Gasteiger partial charge in [0.1, 0.15) is 0 Å². The molecule has 0 fully saturated rings. The third-order valence-corrected chi connectivity index (χ3v) is 3.71. The van der Waals surface area contributed by atoms with Crippen LogP contribution in [0.3, 0.4) is 0 Å². The van der Waals surface area contributed by atoms with Crippen molar-refractivity contribution in [1.29, 1.82) is 0 Å². The zero-order valence-electron chi connectivity index (χ0n) is 13.1. The highest BCUT2D eigenvalue weighted by Crippen LogP contribution is 2.22. The van der Waals surface area contributed by atoms with Gasteiger partial charge in [-0.15, -0.1) is 0 Å². The molecule has 1 N–H and O–H groups in total. The molecule has 0 saturated heterocycles. The summed E-state index contributed by atoms with van der Waals surface area (Å²) in [5.41, 5.74) is 4.05. The van der Waals surface area contributed by atoms with Crippen LogP contribution in [-0.2, 0) is 6.54 Å². The summed E-state index contributed by atoms with van der Waals surface area (Å²) in [5.74, 6) is 0.602. The molecule has 0 aliphatic carbocycles. The second-order valence-corrected chi connectivity index (χ2v) is 5.88.